The first-order chi connectivity index (χ1) is 8.99. The topological polar surface area (TPSA) is 98.3 Å². The number of hydrogen-bond acceptors (Lipinski definition) is 4. The molecule has 0 aromatic heterocycles. The van der Waals surface area contributed by atoms with Gasteiger partial charge in [0.15, 0.2) is 5.82 Å². The van der Waals surface area contributed by atoms with Crippen molar-refractivity contribution in [2.75, 3.05) is 11.9 Å². The molecule has 0 aliphatic heterocycles. The molecule has 0 bridgehead atoms. The van der Waals surface area contributed by atoms with Crippen molar-refractivity contribution < 1.29 is 14.1 Å². The highest BCUT2D eigenvalue weighted by Gasteiger charge is 2.18. The van der Waals surface area contributed by atoms with E-state index < -0.39 is 10.7 Å². The van der Waals surface area contributed by atoms with Crippen LogP contribution < -0.4 is 11.1 Å². The van der Waals surface area contributed by atoms with Gasteiger partial charge >= 0.3 is 0 Å². The standard InChI is InChI=1S/C12H16FN3O3/c1-2-3-8(7-14)12(17)15-11-5-4-9(16(18)19)6-10(11)13/h4-6,8H,2-3,7,14H2,1H3,(H,15,17). The second-order valence-corrected chi connectivity index (χ2v) is 4.13. The summed E-state index contributed by atoms with van der Waals surface area (Å²) in [6.45, 7) is 2.09. The maximum atomic E-state index is 13.6. The van der Waals surface area contributed by atoms with E-state index in [1.165, 1.54) is 6.07 Å². The Balaban J connectivity index is 2.82. The van der Waals surface area contributed by atoms with E-state index in [1.807, 2.05) is 6.92 Å². The zero-order chi connectivity index (χ0) is 14.4. The van der Waals surface area contributed by atoms with E-state index >= 15 is 0 Å². The number of amides is 1. The van der Waals surface area contributed by atoms with Crippen LogP contribution in [0, 0.1) is 21.8 Å². The van der Waals surface area contributed by atoms with Gasteiger partial charge in [0, 0.05) is 12.6 Å². The van der Waals surface area contributed by atoms with Crippen LogP contribution in [-0.4, -0.2) is 17.4 Å². The summed E-state index contributed by atoms with van der Waals surface area (Å²) in [5.41, 5.74) is 5.03. The van der Waals surface area contributed by atoms with Crippen molar-refractivity contribution in [2.45, 2.75) is 19.8 Å². The van der Waals surface area contributed by atoms with Crippen LogP contribution in [0.1, 0.15) is 19.8 Å². The summed E-state index contributed by atoms with van der Waals surface area (Å²) >= 11 is 0. The van der Waals surface area contributed by atoms with Gasteiger partial charge in [-0.1, -0.05) is 13.3 Å². The number of non-ortho nitro benzene ring substituents is 1. The Morgan fingerprint density at radius 3 is 2.74 bits per heavy atom. The number of nitrogens with zero attached hydrogens (tertiary/aromatic N) is 1. The number of hydrogen-bond donors (Lipinski definition) is 2. The maximum absolute atomic E-state index is 13.6. The third-order valence-corrected chi connectivity index (χ3v) is 2.71. The Bertz CT molecular complexity index is 479. The van der Waals surface area contributed by atoms with Gasteiger partial charge in [-0.3, -0.25) is 14.9 Å². The molecule has 1 aromatic rings. The molecule has 1 aromatic carbocycles. The summed E-state index contributed by atoms with van der Waals surface area (Å²) < 4.78 is 13.6. The SMILES string of the molecule is CCCC(CN)C(=O)Nc1ccc([N+](=O)[O-])cc1F. The molecular formula is C12H16FN3O3. The minimum atomic E-state index is -0.838. The summed E-state index contributed by atoms with van der Waals surface area (Å²) in [5.74, 6) is -1.61. The molecule has 1 amide bonds. The predicted octanol–water partition coefficient (Wildman–Crippen LogP) is 2.05. The lowest BCUT2D eigenvalue weighted by Crippen LogP contribution is -2.29. The summed E-state index contributed by atoms with van der Waals surface area (Å²) in [6.07, 6.45) is 1.40. The van der Waals surface area contributed by atoms with E-state index in [9.17, 15) is 19.3 Å². The number of nitrogens with one attached hydrogen (secondary N) is 1. The first-order valence-corrected chi connectivity index (χ1v) is 5.94. The van der Waals surface area contributed by atoms with Gasteiger partial charge in [0.2, 0.25) is 5.91 Å². The van der Waals surface area contributed by atoms with Crippen LogP contribution in [0.3, 0.4) is 0 Å². The van der Waals surface area contributed by atoms with Crippen LogP contribution in [0.4, 0.5) is 15.8 Å². The number of nitrogens with two attached hydrogens (primary N) is 1. The Hall–Kier alpha value is -2.02. The van der Waals surface area contributed by atoms with Crippen LogP contribution >= 0.6 is 0 Å². The van der Waals surface area contributed by atoms with Gasteiger partial charge in [0.25, 0.3) is 5.69 Å². The van der Waals surface area contributed by atoms with E-state index in [0.29, 0.717) is 6.42 Å². The average Bonchev–Trinajstić information content (AvgIpc) is 2.37. The van der Waals surface area contributed by atoms with Gasteiger partial charge in [-0.15, -0.1) is 0 Å². The highest BCUT2D eigenvalue weighted by Crippen LogP contribution is 2.21. The summed E-state index contributed by atoms with van der Waals surface area (Å²) in [7, 11) is 0. The summed E-state index contributed by atoms with van der Waals surface area (Å²) in [4.78, 5) is 21.6. The third-order valence-electron chi connectivity index (χ3n) is 2.71. The fourth-order valence-corrected chi connectivity index (χ4v) is 1.66. The molecule has 0 spiro atoms. The molecule has 1 rings (SSSR count). The van der Waals surface area contributed by atoms with Gasteiger partial charge in [-0.2, -0.15) is 0 Å². The Morgan fingerprint density at radius 1 is 1.58 bits per heavy atom. The molecule has 19 heavy (non-hydrogen) atoms. The summed E-state index contributed by atoms with van der Waals surface area (Å²) in [6, 6.07) is 3.08. The van der Waals surface area contributed by atoms with Gasteiger partial charge < -0.3 is 11.1 Å². The van der Waals surface area contributed by atoms with E-state index in [2.05, 4.69) is 5.32 Å². The molecule has 0 radical (unpaired) electrons. The quantitative estimate of drug-likeness (QED) is 0.610. The number of benzene rings is 1. The Labute approximate surface area is 109 Å². The molecular weight excluding hydrogens is 253 g/mol. The van der Waals surface area contributed by atoms with Gasteiger partial charge in [0.1, 0.15) is 0 Å². The number of rotatable bonds is 6. The van der Waals surface area contributed by atoms with E-state index in [1.54, 1.807) is 0 Å². The molecule has 0 saturated carbocycles. The van der Waals surface area contributed by atoms with E-state index in [4.69, 9.17) is 5.73 Å². The van der Waals surface area contributed by atoms with Crippen LogP contribution in [0.15, 0.2) is 18.2 Å². The minimum Gasteiger partial charge on any atom is -0.330 e. The molecule has 1 atom stereocenters. The monoisotopic (exact) mass is 269 g/mol. The predicted molar refractivity (Wildman–Crippen MR) is 69.1 cm³/mol. The largest absolute Gasteiger partial charge is 0.330 e. The Kier molecular flexibility index (Phi) is 5.37. The van der Waals surface area contributed by atoms with Crippen molar-refractivity contribution in [1.82, 2.24) is 0 Å². The van der Waals surface area contributed by atoms with E-state index in [-0.39, 0.29) is 29.7 Å². The zero-order valence-corrected chi connectivity index (χ0v) is 10.6. The van der Waals surface area contributed by atoms with E-state index in [0.717, 1.165) is 18.6 Å². The highest BCUT2D eigenvalue weighted by molar-refractivity contribution is 5.92. The van der Waals surface area contributed by atoms with Gasteiger partial charge in [0.05, 0.1) is 22.6 Å². The molecule has 0 saturated heterocycles. The lowest BCUT2D eigenvalue weighted by molar-refractivity contribution is -0.385. The van der Waals surface area contributed by atoms with Crippen molar-refractivity contribution in [1.29, 1.82) is 0 Å². The molecule has 104 valence electrons. The number of carbonyl (C=O) groups is 1. The molecule has 1 unspecified atom stereocenters. The van der Waals surface area contributed by atoms with Crippen LogP contribution in [0.25, 0.3) is 0 Å². The van der Waals surface area contributed by atoms with Crippen molar-refractivity contribution in [3.8, 4) is 0 Å². The zero-order valence-electron chi connectivity index (χ0n) is 10.6. The molecule has 7 heteroatoms. The molecule has 6 nitrogen and oxygen atoms in total. The Morgan fingerprint density at radius 2 is 2.26 bits per heavy atom. The second kappa shape index (κ2) is 6.79. The van der Waals surface area contributed by atoms with Crippen molar-refractivity contribution in [3.63, 3.8) is 0 Å². The van der Waals surface area contributed by atoms with Crippen LogP contribution in [0.5, 0.6) is 0 Å². The normalized spacial score (nSPS) is 11.9. The fourth-order valence-electron chi connectivity index (χ4n) is 1.66. The minimum absolute atomic E-state index is 0.0786. The molecule has 0 heterocycles. The first kappa shape index (κ1) is 15.0. The first-order valence-electron chi connectivity index (χ1n) is 5.94. The third kappa shape index (κ3) is 3.99. The smallest absolute Gasteiger partial charge is 0.272 e. The number of carbonyl (C=O) groups excluding carboxylic acids is 1. The average molecular weight is 269 g/mol. The van der Waals surface area contributed by atoms with Gasteiger partial charge in [-0.25, -0.2) is 4.39 Å². The highest BCUT2D eigenvalue weighted by atomic mass is 19.1. The second-order valence-electron chi connectivity index (χ2n) is 4.13. The number of nitro groups is 1. The number of halogens is 1. The summed E-state index contributed by atoms with van der Waals surface area (Å²) in [5, 5.41) is 12.9. The van der Waals surface area contributed by atoms with Gasteiger partial charge in [-0.05, 0) is 12.5 Å². The van der Waals surface area contributed by atoms with Crippen molar-refractivity contribution in [2.24, 2.45) is 11.7 Å². The van der Waals surface area contributed by atoms with Crippen LogP contribution in [-0.2, 0) is 4.79 Å². The lowest BCUT2D eigenvalue weighted by atomic mass is 10.0. The molecule has 0 aliphatic rings. The van der Waals surface area contributed by atoms with Crippen molar-refractivity contribution in [3.05, 3.63) is 34.1 Å². The number of nitro benzene ring substituents is 1. The lowest BCUT2D eigenvalue weighted by Gasteiger charge is -2.14. The number of anilines is 1. The van der Waals surface area contributed by atoms with Crippen LogP contribution in [0.2, 0.25) is 0 Å². The molecule has 3 N–H and O–H groups in total. The fraction of sp³-hybridized carbons (Fsp3) is 0.417. The molecule has 0 fully saturated rings. The van der Waals surface area contributed by atoms with Crippen molar-refractivity contribution >= 4 is 17.3 Å². The molecule has 0 aliphatic carbocycles. The maximum Gasteiger partial charge on any atom is 0.272 e.